The van der Waals surface area contributed by atoms with E-state index in [0.717, 1.165) is 11.0 Å². The first-order valence-electron chi connectivity index (χ1n) is 4.50. The first kappa shape index (κ1) is 12.4. The van der Waals surface area contributed by atoms with Crippen molar-refractivity contribution in [2.75, 3.05) is 19.3 Å². The second kappa shape index (κ2) is 4.87. The first-order valence-corrected chi connectivity index (χ1v) is 4.50. The Hall–Kier alpha value is -1.72. The summed E-state index contributed by atoms with van der Waals surface area (Å²) in [6, 6.07) is 3.45. The molecule has 2 N–H and O–H groups in total. The van der Waals surface area contributed by atoms with Gasteiger partial charge < -0.3 is 10.6 Å². The molecule has 16 heavy (non-hydrogen) atoms. The zero-order valence-electron chi connectivity index (χ0n) is 8.58. The Kier molecular flexibility index (Phi) is 3.76. The zero-order chi connectivity index (χ0) is 12.3. The molecular weight excluding hydrogens is 221 g/mol. The van der Waals surface area contributed by atoms with Crippen LogP contribution in [0, 0.1) is 5.82 Å². The quantitative estimate of drug-likeness (QED) is 0.807. The minimum atomic E-state index is -2.62. The van der Waals surface area contributed by atoms with Gasteiger partial charge in [-0.25, -0.2) is 13.2 Å². The molecule has 0 bridgehead atoms. The highest BCUT2D eigenvalue weighted by Gasteiger charge is 2.16. The summed E-state index contributed by atoms with van der Waals surface area (Å²) < 4.78 is 37.1. The normalized spacial score (nSPS) is 10.6. The summed E-state index contributed by atoms with van der Waals surface area (Å²) in [6.07, 6.45) is -2.62. The molecule has 0 heterocycles. The van der Waals surface area contributed by atoms with Gasteiger partial charge in [0, 0.05) is 12.6 Å². The number of amides is 1. The maximum atomic E-state index is 13.0. The molecule has 88 valence electrons. The summed E-state index contributed by atoms with van der Waals surface area (Å²) in [5, 5.41) is 0. The SMILES string of the molecule is CN(CC(F)F)C(=O)c1ccc(N)c(F)c1. The van der Waals surface area contributed by atoms with E-state index in [1.807, 2.05) is 0 Å². The molecule has 1 rings (SSSR count). The minimum absolute atomic E-state index is 0.00477. The Balaban J connectivity index is 2.84. The summed E-state index contributed by atoms with van der Waals surface area (Å²) in [7, 11) is 1.22. The standard InChI is InChI=1S/C10H11F3N2O/c1-15(5-9(12)13)10(16)6-2-3-8(14)7(11)4-6/h2-4,9H,5,14H2,1H3. The second-order valence-corrected chi connectivity index (χ2v) is 3.31. The number of hydrogen-bond acceptors (Lipinski definition) is 2. The van der Waals surface area contributed by atoms with E-state index >= 15 is 0 Å². The molecule has 0 saturated carbocycles. The molecule has 0 radical (unpaired) electrons. The van der Waals surface area contributed by atoms with Gasteiger partial charge in [0.2, 0.25) is 0 Å². The highest BCUT2D eigenvalue weighted by atomic mass is 19.3. The van der Waals surface area contributed by atoms with Gasteiger partial charge in [0.15, 0.2) is 0 Å². The molecule has 0 aromatic heterocycles. The molecular formula is C10H11F3N2O. The number of rotatable bonds is 3. The summed E-state index contributed by atoms with van der Waals surface area (Å²) in [5.74, 6) is -1.41. The molecule has 0 spiro atoms. The van der Waals surface area contributed by atoms with Gasteiger partial charge in [-0.15, -0.1) is 0 Å². The van der Waals surface area contributed by atoms with E-state index < -0.39 is 24.7 Å². The number of hydrogen-bond donors (Lipinski definition) is 1. The van der Waals surface area contributed by atoms with Gasteiger partial charge in [-0.3, -0.25) is 4.79 Å². The summed E-state index contributed by atoms with van der Waals surface area (Å²) >= 11 is 0. The number of anilines is 1. The number of halogens is 3. The number of carbonyl (C=O) groups excluding carboxylic acids is 1. The maximum Gasteiger partial charge on any atom is 0.255 e. The Morgan fingerprint density at radius 2 is 2.12 bits per heavy atom. The molecule has 6 heteroatoms. The van der Waals surface area contributed by atoms with E-state index in [0.29, 0.717) is 0 Å². The average molecular weight is 232 g/mol. The van der Waals surface area contributed by atoms with E-state index in [1.165, 1.54) is 19.2 Å². The van der Waals surface area contributed by atoms with Crippen LogP contribution >= 0.6 is 0 Å². The van der Waals surface area contributed by atoms with Gasteiger partial charge in [0.25, 0.3) is 12.3 Å². The Morgan fingerprint density at radius 3 is 2.62 bits per heavy atom. The Morgan fingerprint density at radius 1 is 1.50 bits per heavy atom. The van der Waals surface area contributed by atoms with Crippen molar-refractivity contribution in [3.63, 3.8) is 0 Å². The molecule has 1 aromatic carbocycles. The fraction of sp³-hybridized carbons (Fsp3) is 0.300. The lowest BCUT2D eigenvalue weighted by Crippen LogP contribution is -2.31. The number of nitrogen functional groups attached to an aromatic ring is 1. The molecule has 0 atom stereocenters. The molecule has 0 aliphatic carbocycles. The van der Waals surface area contributed by atoms with Gasteiger partial charge >= 0.3 is 0 Å². The van der Waals surface area contributed by atoms with Crippen LogP contribution in [0.4, 0.5) is 18.9 Å². The van der Waals surface area contributed by atoms with E-state index in [-0.39, 0.29) is 11.3 Å². The lowest BCUT2D eigenvalue weighted by atomic mass is 10.2. The fourth-order valence-corrected chi connectivity index (χ4v) is 1.17. The third-order valence-electron chi connectivity index (χ3n) is 2.01. The number of benzene rings is 1. The number of alkyl halides is 2. The van der Waals surface area contributed by atoms with Crippen LogP contribution in [0.25, 0.3) is 0 Å². The molecule has 1 amide bonds. The third kappa shape index (κ3) is 2.88. The van der Waals surface area contributed by atoms with Crippen LogP contribution in [0.3, 0.4) is 0 Å². The van der Waals surface area contributed by atoms with E-state index in [1.54, 1.807) is 0 Å². The van der Waals surface area contributed by atoms with Crippen LogP contribution in [0.2, 0.25) is 0 Å². The monoisotopic (exact) mass is 232 g/mol. The molecule has 3 nitrogen and oxygen atoms in total. The summed E-state index contributed by atoms with van der Waals surface area (Å²) in [4.78, 5) is 12.4. The van der Waals surface area contributed by atoms with Crippen molar-refractivity contribution in [1.29, 1.82) is 0 Å². The fourth-order valence-electron chi connectivity index (χ4n) is 1.17. The second-order valence-electron chi connectivity index (χ2n) is 3.31. The molecule has 0 fully saturated rings. The van der Waals surface area contributed by atoms with Crippen LogP contribution in [0.1, 0.15) is 10.4 Å². The predicted molar refractivity (Wildman–Crippen MR) is 53.8 cm³/mol. The van der Waals surface area contributed by atoms with Crippen LogP contribution in [0.15, 0.2) is 18.2 Å². The highest BCUT2D eigenvalue weighted by Crippen LogP contribution is 2.13. The van der Waals surface area contributed by atoms with Crippen molar-refractivity contribution >= 4 is 11.6 Å². The Bertz CT molecular complexity index is 396. The smallest absolute Gasteiger partial charge is 0.255 e. The van der Waals surface area contributed by atoms with Crippen LogP contribution in [-0.2, 0) is 0 Å². The molecule has 0 aliphatic rings. The first-order chi connectivity index (χ1) is 7.41. The van der Waals surface area contributed by atoms with Gasteiger partial charge in [-0.2, -0.15) is 0 Å². The molecule has 1 aromatic rings. The minimum Gasteiger partial charge on any atom is -0.396 e. The average Bonchev–Trinajstić information content (AvgIpc) is 2.20. The van der Waals surface area contributed by atoms with E-state index in [9.17, 15) is 18.0 Å². The molecule has 0 unspecified atom stereocenters. The van der Waals surface area contributed by atoms with Crippen molar-refractivity contribution < 1.29 is 18.0 Å². The zero-order valence-corrected chi connectivity index (χ0v) is 8.58. The van der Waals surface area contributed by atoms with Crippen LogP contribution in [-0.4, -0.2) is 30.8 Å². The van der Waals surface area contributed by atoms with Crippen LogP contribution < -0.4 is 5.73 Å². The largest absolute Gasteiger partial charge is 0.396 e. The van der Waals surface area contributed by atoms with Crippen molar-refractivity contribution in [1.82, 2.24) is 4.90 Å². The van der Waals surface area contributed by atoms with Gasteiger partial charge in [0.1, 0.15) is 5.82 Å². The van der Waals surface area contributed by atoms with Gasteiger partial charge in [-0.05, 0) is 18.2 Å². The topological polar surface area (TPSA) is 46.3 Å². The van der Waals surface area contributed by atoms with Crippen molar-refractivity contribution in [2.45, 2.75) is 6.43 Å². The van der Waals surface area contributed by atoms with E-state index in [4.69, 9.17) is 5.73 Å². The lowest BCUT2D eigenvalue weighted by molar-refractivity contribution is 0.0620. The number of carbonyl (C=O) groups is 1. The third-order valence-corrected chi connectivity index (χ3v) is 2.01. The predicted octanol–water partition coefficient (Wildman–Crippen LogP) is 1.74. The van der Waals surface area contributed by atoms with Crippen molar-refractivity contribution in [2.24, 2.45) is 0 Å². The highest BCUT2D eigenvalue weighted by molar-refractivity contribution is 5.94. The van der Waals surface area contributed by atoms with Crippen molar-refractivity contribution in [3.05, 3.63) is 29.6 Å². The lowest BCUT2D eigenvalue weighted by Gasteiger charge is -2.16. The number of nitrogens with zero attached hydrogens (tertiary/aromatic N) is 1. The van der Waals surface area contributed by atoms with E-state index in [2.05, 4.69) is 0 Å². The molecule has 0 saturated heterocycles. The summed E-state index contributed by atoms with van der Waals surface area (Å²) in [6.45, 7) is -0.690. The molecule has 0 aliphatic heterocycles. The van der Waals surface area contributed by atoms with Gasteiger partial charge in [0.05, 0.1) is 12.2 Å². The Labute approximate surface area is 90.6 Å². The maximum absolute atomic E-state index is 13.0. The van der Waals surface area contributed by atoms with Gasteiger partial charge in [-0.1, -0.05) is 0 Å². The van der Waals surface area contributed by atoms with Crippen LogP contribution in [0.5, 0.6) is 0 Å². The summed E-state index contributed by atoms with van der Waals surface area (Å²) in [5.41, 5.74) is 5.13. The van der Waals surface area contributed by atoms with Crippen molar-refractivity contribution in [3.8, 4) is 0 Å². The number of nitrogens with two attached hydrogens (primary N) is 1.